The molecule has 52 valence electrons. The summed E-state index contributed by atoms with van der Waals surface area (Å²) in [4.78, 5) is 3.51. The molecule has 1 aromatic heterocycles. The maximum Gasteiger partial charge on any atom is 0.160 e. The highest BCUT2D eigenvalue weighted by atomic mass is 35.5. The third-order valence-corrected chi connectivity index (χ3v) is 1.42. The molecular weight excluding hydrogens is 155 g/mol. The standard InChI is InChI=1S/C6H4ClFN2/c7-6-4(1-9)2-10-3-5(6)8/h1-3,9H. The Bertz CT molecular complexity index is 262. The SMILES string of the molecule is N=Cc1cncc(F)c1Cl. The van der Waals surface area contributed by atoms with Crippen molar-refractivity contribution in [1.82, 2.24) is 4.98 Å². The predicted octanol–water partition coefficient (Wildman–Crippen LogP) is 1.87. The van der Waals surface area contributed by atoms with Gasteiger partial charge in [-0.25, -0.2) is 4.39 Å². The van der Waals surface area contributed by atoms with Crippen molar-refractivity contribution in [3.05, 3.63) is 28.8 Å². The summed E-state index contributed by atoms with van der Waals surface area (Å²) in [5.41, 5.74) is 0.293. The zero-order chi connectivity index (χ0) is 7.56. The van der Waals surface area contributed by atoms with Crippen LogP contribution in [0, 0.1) is 11.2 Å². The Balaban J connectivity index is 3.27. The lowest BCUT2D eigenvalue weighted by molar-refractivity contribution is 0.621. The summed E-state index contributed by atoms with van der Waals surface area (Å²) >= 11 is 5.43. The molecule has 0 saturated carbocycles. The van der Waals surface area contributed by atoms with Gasteiger partial charge in [0, 0.05) is 18.0 Å². The van der Waals surface area contributed by atoms with Crippen molar-refractivity contribution < 1.29 is 4.39 Å². The molecule has 2 nitrogen and oxygen atoms in total. The zero-order valence-electron chi connectivity index (χ0n) is 4.94. The first-order chi connectivity index (χ1) is 4.75. The predicted molar refractivity (Wildman–Crippen MR) is 37.1 cm³/mol. The number of hydrogen-bond donors (Lipinski definition) is 1. The minimum Gasteiger partial charge on any atom is -0.308 e. The van der Waals surface area contributed by atoms with E-state index in [1.165, 1.54) is 6.20 Å². The van der Waals surface area contributed by atoms with Crippen molar-refractivity contribution in [2.24, 2.45) is 0 Å². The van der Waals surface area contributed by atoms with E-state index in [1.807, 2.05) is 0 Å². The van der Waals surface area contributed by atoms with Crippen molar-refractivity contribution in [1.29, 1.82) is 5.41 Å². The van der Waals surface area contributed by atoms with Crippen molar-refractivity contribution in [2.45, 2.75) is 0 Å². The van der Waals surface area contributed by atoms with Gasteiger partial charge in [0.15, 0.2) is 5.82 Å². The molecule has 1 aromatic rings. The Morgan fingerprint density at radius 1 is 1.60 bits per heavy atom. The molecule has 0 saturated heterocycles. The Kier molecular flexibility index (Phi) is 1.97. The third-order valence-electron chi connectivity index (χ3n) is 1.02. The second-order valence-corrected chi connectivity index (χ2v) is 2.05. The van der Waals surface area contributed by atoms with Crippen LogP contribution in [0.1, 0.15) is 5.56 Å². The molecule has 0 atom stereocenters. The van der Waals surface area contributed by atoms with Crippen LogP contribution in [0.5, 0.6) is 0 Å². The van der Waals surface area contributed by atoms with Gasteiger partial charge in [0.2, 0.25) is 0 Å². The summed E-state index contributed by atoms with van der Waals surface area (Å²) < 4.78 is 12.5. The van der Waals surface area contributed by atoms with E-state index in [1.54, 1.807) is 0 Å². The lowest BCUT2D eigenvalue weighted by Crippen LogP contribution is -1.87. The van der Waals surface area contributed by atoms with E-state index in [4.69, 9.17) is 17.0 Å². The second kappa shape index (κ2) is 2.75. The quantitative estimate of drug-likeness (QED) is 0.623. The molecule has 1 rings (SSSR count). The number of hydrogen-bond acceptors (Lipinski definition) is 2. The number of rotatable bonds is 1. The Labute approximate surface area is 62.2 Å². The third kappa shape index (κ3) is 1.14. The van der Waals surface area contributed by atoms with Gasteiger partial charge in [-0.1, -0.05) is 11.6 Å². The number of nitrogens with zero attached hydrogens (tertiary/aromatic N) is 1. The van der Waals surface area contributed by atoms with E-state index >= 15 is 0 Å². The number of aromatic nitrogens is 1. The van der Waals surface area contributed by atoms with E-state index < -0.39 is 5.82 Å². The fraction of sp³-hybridized carbons (Fsp3) is 0. The summed E-state index contributed by atoms with van der Waals surface area (Å²) in [7, 11) is 0. The second-order valence-electron chi connectivity index (χ2n) is 1.67. The highest BCUT2D eigenvalue weighted by Crippen LogP contribution is 2.15. The highest BCUT2D eigenvalue weighted by Gasteiger charge is 2.02. The monoisotopic (exact) mass is 158 g/mol. The molecule has 0 fully saturated rings. The van der Waals surface area contributed by atoms with Crippen LogP contribution < -0.4 is 0 Å². The maximum atomic E-state index is 12.5. The minimum absolute atomic E-state index is 0.0509. The van der Waals surface area contributed by atoms with Crippen LogP contribution in [-0.2, 0) is 0 Å². The average Bonchev–Trinajstić information content (AvgIpc) is 1.95. The first-order valence-electron chi connectivity index (χ1n) is 2.55. The molecule has 4 heteroatoms. The fourth-order valence-electron chi connectivity index (χ4n) is 0.535. The number of nitrogens with one attached hydrogen (secondary N) is 1. The molecule has 0 aliphatic heterocycles. The summed E-state index contributed by atoms with van der Waals surface area (Å²) in [5, 5.41) is 6.71. The molecule has 0 aliphatic carbocycles. The van der Waals surface area contributed by atoms with Gasteiger partial charge in [0.05, 0.1) is 11.2 Å². The molecule has 1 heterocycles. The normalized spacial score (nSPS) is 9.40. The summed E-state index contributed by atoms with van der Waals surface area (Å²) in [6.07, 6.45) is 3.30. The van der Waals surface area contributed by atoms with Gasteiger partial charge in [-0.05, 0) is 0 Å². The number of halogens is 2. The van der Waals surface area contributed by atoms with Crippen molar-refractivity contribution >= 4 is 17.8 Å². The van der Waals surface area contributed by atoms with Crippen LogP contribution in [-0.4, -0.2) is 11.2 Å². The van der Waals surface area contributed by atoms with E-state index in [9.17, 15) is 4.39 Å². The minimum atomic E-state index is -0.595. The molecule has 0 bridgehead atoms. The van der Waals surface area contributed by atoms with Crippen LogP contribution in [0.25, 0.3) is 0 Å². The Hall–Kier alpha value is -0.960. The highest BCUT2D eigenvalue weighted by molar-refractivity contribution is 6.33. The van der Waals surface area contributed by atoms with E-state index in [0.29, 0.717) is 5.56 Å². The van der Waals surface area contributed by atoms with Gasteiger partial charge in [-0.3, -0.25) is 4.98 Å². The van der Waals surface area contributed by atoms with Crippen LogP contribution in [0.2, 0.25) is 5.02 Å². The topological polar surface area (TPSA) is 36.7 Å². The lowest BCUT2D eigenvalue weighted by atomic mass is 10.3. The molecule has 10 heavy (non-hydrogen) atoms. The molecule has 1 N–H and O–H groups in total. The van der Waals surface area contributed by atoms with Crippen LogP contribution >= 0.6 is 11.6 Å². The first kappa shape index (κ1) is 7.15. The average molecular weight is 159 g/mol. The van der Waals surface area contributed by atoms with Gasteiger partial charge in [-0.2, -0.15) is 0 Å². The van der Waals surface area contributed by atoms with Crippen LogP contribution in [0.4, 0.5) is 4.39 Å². The largest absolute Gasteiger partial charge is 0.308 e. The molecule has 0 aromatic carbocycles. The summed E-state index contributed by atoms with van der Waals surface area (Å²) in [5.74, 6) is -0.595. The Morgan fingerprint density at radius 2 is 2.30 bits per heavy atom. The van der Waals surface area contributed by atoms with Gasteiger partial charge in [-0.15, -0.1) is 0 Å². The molecule has 0 amide bonds. The van der Waals surface area contributed by atoms with Gasteiger partial charge in [0.25, 0.3) is 0 Å². The Morgan fingerprint density at radius 3 is 2.80 bits per heavy atom. The van der Waals surface area contributed by atoms with E-state index in [0.717, 1.165) is 12.4 Å². The zero-order valence-corrected chi connectivity index (χ0v) is 5.69. The van der Waals surface area contributed by atoms with Gasteiger partial charge < -0.3 is 5.41 Å². The fourth-order valence-corrected chi connectivity index (χ4v) is 0.687. The molecular formula is C6H4ClFN2. The van der Waals surface area contributed by atoms with E-state index in [-0.39, 0.29) is 5.02 Å². The van der Waals surface area contributed by atoms with Crippen molar-refractivity contribution in [2.75, 3.05) is 0 Å². The van der Waals surface area contributed by atoms with Crippen molar-refractivity contribution in [3.63, 3.8) is 0 Å². The molecule has 0 aliphatic rings. The first-order valence-corrected chi connectivity index (χ1v) is 2.93. The number of pyridine rings is 1. The van der Waals surface area contributed by atoms with E-state index in [2.05, 4.69) is 4.98 Å². The van der Waals surface area contributed by atoms with Crippen LogP contribution in [0.15, 0.2) is 12.4 Å². The summed E-state index contributed by atoms with van der Waals surface area (Å²) in [6, 6.07) is 0. The van der Waals surface area contributed by atoms with Gasteiger partial charge >= 0.3 is 0 Å². The van der Waals surface area contributed by atoms with Crippen LogP contribution in [0.3, 0.4) is 0 Å². The summed E-state index contributed by atoms with van der Waals surface area (Å²) in [6.45, 7) is 0. The van der Waals surface area contributed by atoms with Gasteiger partial charge in [0.1, 0.15) is 0 Å². The lowest BCUT2D eigenvalue weighted by Gasteiger charge is -1.94. The van der Waals surface area contributed by atoms with Crippen molar-refractivity contribution in [3.8, 4) is 0 Å². The maximum absolute atomic E-state index is 12.5. The molecule has 0 unspecified atom stereocenters. The molecule has 0 spiro atoms. The molecule has 0 radical (unpaired) electrons. The smallest absolute Gasteiger partial charge is 0.160 e.